The van der Waals surface area contributed by atoms with Gasteiger partial charge < -0.3 is 5.73 Å². The van der Waals surface area contributed by atoms with Gasteiger partial charge in [-0.25, -0.2) is 0 Å². The number of rotatable bonds is 8. The van der Waals surface area contributed by atoms with Gasteiger partial charge in [0.2, 0.25) is 0 Å². The van der Waals surface area contributed by atoms with E-state index in [1.54, 1.807) is 0 Å². The van der Waals surface area contributed by atoms with Crippen LogP contribution in [0.3, 0.4) is 0 Å². The third kappa shape index (κ3) is 6.94. The third-order valence-electron chi connectivity index (χ3n) is 2.43. The van der Waals surface area contributed by atoms with E-state index in [4.69, 9.17) is 12.2 Å². The summed E-state index contributed by atoms with van der Waals surface area (Å²) in [5, 5.41) is 3.33. The second-order valence-electron chi connectivity index (χ2n) is 3.84. The molecule has 0 radical (unpaired) electrons. The van der Waals surface area contributed by atoms with Gasteiger partial charge in [-0.3, -0.25) is 5.32 Å². The maximum Gasteiger partial charge on any atom is 0.0660 e. The molecule has 0 aliphatic heterocycles. The quantitative estimate of drug-likeness (QED) is 0.459. The highest BCUT2D eigenvalue weighted by molar-refractivity contribution is 4.97. The van der Waals surface area contributed by atoms with Crippen LogP contribution >= 0.6 is 0 Å². The van der Waals surface area contributed by atoms with Crippen molar-refractivity contribution in [1.82, 2.24) is 5.32 Å². The van der Waals surface area contributed by atoms with E-state index in [0.29, 0.717) is 12.6 Å². The average Bonchev–Trinajstić information content (AvgIpc) is 2.22. The first-order valence-electron chi connectivity index (χ1n) is 5.66. The molecule has 82 valence electrons. The summed E-state index contributed by atoms with van der Waals surface area (Å²) < 4.78 is 0. The molecular formula is C12H24N2. The summed E-state index contributed by atoms with van der Waals surface area (Å²) >= 11 is 0. The molecule has 0 saturated carbocycles. The maximum atomic E-state index is 5.66. The first-order chi connectivity index (χ1) is 6.74. The molecule has 0 aromatic rings. The zero-order chi connectivity index (χ0) is 10.8. The Bertz CT molecular complexity index is 160. The van der Waals surface area contributed by atoms with Crippen molar-refractivity contribution >= 4 is 0 Å². The van der Waals surface area contributed by atoms with Gasteiger partial charge in [0.1, 0.15) is 0 Å². The van der Waals surface area contributed by atoms with Crippen LogP contribution in [0.4, 0.5) is 0 Å². The molecule has 0 saturated heterocycles. The van der Waals surface area contributed by atoms with Crippen LogP contribution in [0, 0.1) is 12.3 Å². The highest BCUT2D eigenvalue weighted by Crippen LogP contribution is 2.05. The fourth-order valence-corrected chi connectivity index (χ4v) is 1.49. The van der Waals surface area contributed by atoms with E-state index in [1.807, 2.05) is 6.92 Å². The van der Waals surface area contributed by atoms with Crippen LogP contribution in [0.25, 0.3) is 0 Å². The lowest BCUT2D eigenvalue weighted by atomic mass is 10.1. The number of unbranched alkanes of at least 4 members (excludes halogenated alkanes) is 3. The minimum atomic E-state index is 0.134. The summed E-state index contributed by atoms with van der Waals surface area (Å²) in [5.41, 5.74) is 5.66. The van der Waals surface area contributed by atoms with E-state index in [0.717, 1.165) is 6.42 Å². The van der Waals surface area contributed by atoms with Gasteiger partial charge in [0, 0.05) is 12.6 Å². The molecule has 2 unspecified atom stereocenters. The van der Waals surface area contributed by atoms with Crippen LogP contribution in [0.15, 0.2) is 0 Å². The third-order valence-corrected chi connectivity index (χ3v) is 2.43. The molecule has 2 nitrogen and oxygen atoms in total. The molecule has 0 aromatic heterocycles. The van der Waals surface area contributed by atoms with Crippen LogP contribution < -0.4 is 11.1 Å². The summed E-state index contributed by atoms with van der Waals surface area (Å²) in [5.74, 6) is 2.66. The zero-order valence-corrected chi connectivity index (χ0v) is 9.55. The molecule has 14 heavy (non-hydrogen) atoms. The van der Waals surface area contributed by atoms with Crippen molar-refractivity contribution in [3.63, 3.8) is 0 Å². The Labute approximate surface area is 88.6 Å². The topological polar surface area (TPSA) is 38.0 Å². The molecule has 0 bridgehead atoms. The summed E-state index contributed by atoms with van der Waals surface area (Å²) in [6.07, 6.45) is 11.6. The normalized spacial score (nSPS) is 14.7. The van der Waals surface area contributed by atoms with Gasteiger partial charge in [-0.15, -0.1) is 6.42 Å². The molecule has 0 spiro atoms. The monoisotopic (exact) mass is 196 g/mol. The fraction of sp³-hybridized carbons (Fsp3) is 0.833. The molecule has 0 heterocycles. The average molecular weight is 196 g/mol. The van der Waals surface area contributed by atoms with Crippen LogP contribution in [0.5, 0.6) is 0 Å². The number of nitrogens with two attached hydrogens (primary N) is 1. The second kappa shape index (κ2) is 9.05. The molecule has 0 aliphatic rings. The van der Waals surface area contributed by atoms with Crippen molar-refractivity contribution in [3.05, 3.63) is 0 Å². The van der Waals surface area contributed by atoms with Crippen molar-refractivity contribution in [3.8, 4) is 12.3 Å². The fourth-order valence-electron chi connectivity index (χ4n) is 1.49. The molecule has 0 rings (SSSR count). The van der Waals surface area contributed by atoms with Crippen molar-refractivity contribution in [2.24, 2.45) is 5.73 Å². The number of terminal acetylenes is 1. The summed E-state index contributed by atoms with van der Waals surface area (Å²) in [6.45, 7) is 4.89. The molecule has 2 atom stereocenters. The molecular weight excluding hydrogens is 172 g/mol. The number of nitrogens with one attached hydrogen (secondary N) is 1. The summed E-state index contributed by atoms with van der Waals surface area (Å²) in [7, 11) is 0. The van der Waals surface area contributed by atoms with E-state index in [2.05, 4.69) is 18.2 Å². The Morgan fingerprint density at radius 3 is 2.57 bits per heavy atom. The minimum Gasteiger partial charge on any atom is -0.329 e. The zero-order valence-electron chi connectivity index (χ0n) is 9.55. The first kappa shape index (κ1) is 13.5. The SMILES string of the molecule is C#CC(C)NC(CN)CCCCCC. The lowest BCUT2D eigenvalue weighted by Gasteiger charge is -2.18. The lowest BCUT2D eigenvalue weighted by molar-refractivity contribution is 0.448. The van der Waals surface area contributed by atoms with Gasteiger partial charge in [0.05, 0.1) is 6.04 Å². The van der Waals surface area contributed by atoms with E-state index in [9.17, 15) is 0 Å². The van der Waals surface area contributed by atoms with Gasteiger partial charge in [-0.2, -0.15) is 0 Å². The first-order valence-corrected chi connectivity index (χ1v) is 5.66. The number of hydrogen-bond acceptors (Lipinski definition) is 2. The smallest absolute Gasteiger partial charge is 0.0660 e. The van der Waals surface area contributed by atoms with Crippen LogP contribution in [-0.4, -0.2) is 18.6 Å². The van der Waals surface area contributed by atoms with Gasteiger partial charge in [-0.1, -0.05) is 38.5 Å². The maximum absolute atomic E-state index is 5.66. The van der Waals surface area contributed by atoms with E-state index in [1.165, 1.54) is 25.7 Å². The van der Waals surface area contributed by atoms with Crippen molar-refractivity contribution < 1.29 is 0 Å². The standard InChI is InChI=1S/C12H24N2/c1-4-6-7-8-9-12(10-13)14-11(3)5-2/h2,11-12,14H,4,6-10,13H2,1,3H3. The summed E-state index contributed by atoms with van der Waals surface area (Å²) in [6, 6.07) is 0.521. The number of hydrogen-bond donors (Lipinski definition) is 2. The van der Waals surface area contributed by atoms with Gasteiger partial charge in [0.15, 0.2) is 0 Å². The minimum absolute atomic E-state index is 0.134. The summed E-state index contributed by atoms with van der Waals surface area (Å²) in [4.78, 5) is 0. The van der Waals surface area contributed by atoms with Gasteiger partial charge in [-0.05, 0) is 13.3 Å². The van der Waals surface area contributed by atoms with Gasteiger partial charge in [0.25, 0.3) is 0 Å². The molecule has 0 aliphatic carbocycles. The van der Waals surface area contributed by atoms with E-state index < -0.39 is 0 Å². The van der Waals surface area contributed by atoms with Crippen LogP contribution in [0.2, 0.25) is 0 Å². The molecule has 0 fully saturated rings. The Kier molecular flexibility index (Phi) is 8.72. The molecule has 0 amide bonds. The van der Waals surface area contributed by atoms with Crippen molar-refractivity contribution in [2.75, 3.05) is 6.54 Å². The largest absolute Gasteiger partial charge is 0.329 e. The second-order valence-corrected chi connectivity index (χ2v) is 3.84. The Morgan fingerprint density at radius 2 is 2.07 bits per heavy atom. The van der Waals surface area contributed by atoms with Crippen molar-refractivity contribution in [1.29, 1.82) is 0 Å². The highest BCUT2D eigenvalue weighted by Gasteiger charge is 2.07. The van der Waals surface area contributed by atoms with Crippen LogP contribution in [0.1, 0.15) is 46.0 Å². The van der Waals surface area contributed by atoms with E-state index in [-0.39, 0.29) is 6.04 Å². The van der Waals surface area contributed by atoms with Gasteiger partial charge >= 0.3 is 0 Å². The Hall–Kier alpha value is -0.520. The molecule has 0 aromatic carbocycles. The Balaban J connectivity index is 3.54. The van der Waals surface area contributed by atoms with E-state index >= 15 is 0 Å². The van der Waals surface area contributed by atoms with Crippen LogP contribution in [-0.2, 0) is 0 Å². The lowest BCUT2D eigenvalue weighted by Crippen LogP contribution is -2.40. The predicted octanol–water partition coefficient (Wildman–Crippen LogP) is 1.90. The highest BCUT2D eigenvalue weighted by atomic mass is 15.0. The van der Waals surface area contributed by atoms with Crippen molar-refractivity contribution in [2.45, 2.75) is 58.0 Å². The Morgan fingerprint density at radius 1 is 1.36 bits per heavy atom. The predicted molar refractivity (Wildman–Crippen MR) is 63.0 cm³/mol. The molecule has 2 heteroatoms. The molecule has 3 N–H and O–H groups in total.